The summed E-state index contributed by atoms with van der Waals surface area (Å²) in [6, 6.07) is 0. The molecule has 96 valence electrons. The Hall–Kier alpha value is -0.590. The summed E-state index contributed by atoms with van der Waals surface area (Å²) in [5.41, 5.74) is -0.0157. The van der Waals surface area contributed by atoms with Crippen molar-refractivity contribution in [3.05, 3.63) is 0 Å². The summed E-state index contributed by atoms with van der Waals surface area (Å²) in [7, 11) is 0. The molecule has 0 saturated carbocycles. The van der Waals surface area contributed by atoms with Crippen molar-refractivity contribution in [2.24, 2.45) is 4.99 Å². The molecule has 0 aliphatic carbocycles. The number of rotatable bonds is 1. The lowest BCUT2D eigenvalue weighted by Crippen LogP contribution is -2.53. The molecule has 0 spiro atoms. The van der Waals surface area contributed by atoms with Crippen LogP contribution in [0.1, 0.15) is 27.7 Å². The Balaban J connectivity index is 2.22. The SMILES string of the molecule is CC1(CO)SC2=NCN(C(C)(C)C)CN2C1=O. The van der Waals surface area contributed by atoms with Crippen LogP contribution in [0.3, 0.4) is 0 Å². The monoisotopic (exact) mass is 257 g/mol. The topological polar surface area (TPSA) is 56.1 Å². The zero-order valence-corrected chi connectivity index (χ0v) is 11.5. The third kappa shape index (κ3) is 2.09. The fourth-order valence-electron chi connectivity index (χ4n) is 1.80. The maximum absolute atomic E-state index is 12.2. The van der Waals surface area contributed by atoms with Crippen LogP contribution in [0.15, 0.2) is 4.99 Å². The first-order valence-electron chi connectivity index (χ1n) is 5.69. The number of aliphatic hydroxyl groups excluding tert-OH is 1. The Bertz CT molecular complexity index is 377. The number of fused-ring (bicyclic) bond motifs is 1. The minimum absolute atomic E-state index is 0.0157. The lowest BCUT2D eigenvalue weighted by Gasteiger charge is -2.39. The zero-order valence-electron chi connectivity index (χ0n) is 10.7. The van der Waals surface area contributed by atoms with Crippen LogP contribution in [0.4, 0.5) is 0 Å². The second-order valence-corrected chi connectivity index (χ2v) is 7.13. The van der Waals surface area contributed by atoms with Crippen molar-refractivity contribution < 1.29 is 9.90 Å². The summed E-state index contributed by atoms with van der Waals surface area (Å²) in [5.74, 6) is -0.0438. The largest absolute Gasteiger partial charge is 0.394 e. The molecule has 1 unspecified atom stereocenters. The first-order chi connectivity index (χ1) is 7.78. The molecule has 0 aromatic heterocycles. The van der Waals surface area contributed by atoms with E-state index in [1.807, 2.05) is 0 Å². The van der Waals surface area contributed by atoms with Gasteiger partial charge in [0.05, 0.1) is 19.9 Å². The van der Waals surface area contributed by atoms with Crippen LogP contribution < -0.4 is 0 Å². The quantitative estimate of drug-likeness (QED) is 0.751. The summed E-state index contributed by atoms with van der Waals surface area (Å²) in [5, 5.41) is 10.1. The van der Waals surface area contributed by atoms with Crippen LogP contribution in [0.5, 0.6) is 0 Å². The number of carbonyl (C=O) groups excluding carboxylic acids is 1. The van der Waals surface area contributed by atoms with Gasteiger partial charge in [0, 0.05) is 5.54 Å². The number of carbonyl (C=O) groups is 1. The van der Waals surface area contributed by atoms with Crippen LogP contribution in [0.2, 0.25) is 0 Å². The van der Waals surface area contributed by atoms with Gasteiger partial charge in [-0.15, -0.1) is 0 Å². The molecule has 1 saturated heterocycles. The van der Waals surface area contributed by atoms with E-state index in [0.29, 0.717) is 13.3 Å². The van der Waals surface area contributed by atoms with Crippen molar-refractivity contribution in [3.63, 3.8) is 0 Å². The van der Waals surface area contributed by atoms with Gasteiger partial charge in [0.1, 0.15) is 4.75 Å². The van der Waals surface area contributed by atoms with Gasteiger partial charge < -0.3 is 5.11 Å². The summed E-state index contributed by atoms with van der Waals surface area (Å²) in [6.07, 6.45) is 0. The van der Waals surface area contributed by atoms with Crippen LogP contribution in [0.25, 0.3) is 0 Å². The molecule has 0 aromatic carbocycles. The van der Waals surface area contributed by atoms with Crippen molar-refractivity contribution in [3.8, 4) is 0 Å². The van der Waals surface area contributed by atoms with Crippen molar-refractivity contribution in [1.29, 1.82) is 0 Å². The van der Waals surface area contributed by atoms with Gasteiger partial charge in [-0.2, -0.15) is 0 Å². The molecular formula is C11H19N3O2S. The number of amides is 1. The van der Waals surface area contributed by atoms with E-state index in [0.717, 1.165) is 5.17 Å². The molecule has 2 rings (SSSR count). The average molecular weight is 257 g/mol. The maximum atomic E-state index is 12.2. The molecule has 1 amide bonds. The van der Waals surface area contributed by atoms with Crippen molar-refractivity contribution in [2.75, 3.05) is 19.9 Å². The Morgan fingerprint density at radius 1 is 1.53 bits per heavy atom. The molecule has 0 aromatic rings. The number of hydrogen-bond acceptors (Lipinski definition) is 5. The number of thioether (sulfide) groups is 1. The van der Waals surface area contributed by atoms with E-state index >= 15 is 0 Å². The fraction of sp³-hybridized carbons (Fsp3) is 0.818. The molecule has 17 heavy (non-hydrogen) atoms. The molecule has 1 N–H and O–H groups in total. The van der Waals surface area contributed by atoms with Gasteiger partial charge in [0.2, 0.25) is 5.91 Å². The van der Waals surface area contributed by atoms with E-state index in [4.69, 9.17) is 0 Å². The van der Waals surface area contributed by atoms with E-state index in [1.54, 1.807) is 11.8 Å². The molecular weight excluding hydrogens is 238 g/mol. The minimum atomic E-state index is -0.757. The molecule has 2 aliphatic rings. The highest BCUT2D eigenvalue weighted by Crippen LogP contribution is 2.38. The third-order valence-corrected chi connectivity index (χ3v) is 4.47. The molecule has 6 heteroatoms. The standard InChI is InChI=1S/C11H19N3O2S/c1-10(2,3)13-6-12-9-14(7-13)8(16)11(4,5-15)17-9/h15H,5-7H2,1-4H3. The van der Waals surface area contributed by atoms with Gasteiger partial charge >= 0.3 is 0 Å². The predicted octanol–water partition coefficient (Wildman–Crippen LogP) is 0.698. The molecule has 0 radical (unpaired) electrons. The molecule has 1 atom stereocenters. The number of nitrogens with zero attached hydrogens (tertiary/aromatic N) is 3. The molecule has 2 heterocycles. The Kier molecular flexibility index (Phi) is 3.00. The molecule has 0 bridgehead atoms. The minimum Gasteiger partial charge on any atom is -0.394 e. The maximum Gasteiger partial charge on any atom is 0.248 e. The van der Waals surface area contributed by atoms with Gasteiger partial charge in [-0.05, 0) is 27.7 Å². The number of hydrogen-bond donors (Lipinski definition) is 1. The van der Waals surface area contributed by atoms with E-state index in [9.17, 15) is 9.90 Å². The molecule has 2 aliphatic heterocycles. The summed E-state index contributed by atoms with van der Waals surface area (Å²) >= 11 is 1.37. The highest BCUT2D eigenvalue weighted by atomic mass is 32.2. The summed E-state index contributed by atoms with van der Waals surface area (Å²) in [6.45, 7) is 9.09. The lowest BCUT2D eigenvalue weighted by atomic mass is 10.1. The average Bonchev–Trinajstić information content (AvgIpc) is 2.51. The van der Waals surface area contributed by atoms with Crippen molar-refractivity contribution >= 4 is 22.8 Å². The second-order valence-electron chi connectivity index (χ2n) is 5.66. The molecule has 5 nitrogen and oxygen atoms in total. The number of aliphatic imine (C=N–C) groups is 1. The van der Waals surface area contributed by atoms with Crippen molar-refractivity contribution in [1.82, 2.24) is 9.80 Å². The number of amidine groups is 1. The van der Waals surface area contributed by atoms with E-state index < -0.39 is 4.75 Å². The lowest BCUT2D eigenvalue weighted by molar-refractivity contribution is -0.132. The Morgan fingerprint density at radius 2 is 2.18 bits per heavy atom. The van der Waals surface area contributed by atoms with E-state index in [1.165, 1.54) is 11.8 Å². The Labute approximate surface area is 106 Å². The van der Waals surface area contributed by atoms with Crippen LogP contribution in [0, 0.1) is 0 Å². The fourth-order valence-corrected chi connectivity index (χ4v) is 2.84. The van der Waals surface area contributed by atoms with Gasteiger partial charge in [-0.1, -0.05) is 11.8 Å². The Morgan fingerprint density at radius 3 is 2.71 bits per heavy atom. The highest BCUT2D eigenvalue weighted by molar-refractivity contribution is 8.16. The van der Waals surface area contributed by atoms with Crippen LogP contribution >= 0.6 is 11.8 Å². The van der Waals surface area contributed by atoms with E-state index in [-0.39, 0.29) is 18.1 Å². The summed E-state index contributed by atoms with van der Waals surface area (Å²) in [4.78, 5) is 20.4. The number of aliphatic hydroxyl groups is 1. The highest BCUT2D eigenvalue weighted by Gasteiger charge is 2.49. The first kappa shape index (κ1) is 12.9. The van der Waals surface area contributed by atoms with Crippen molar-refractivity contribution in [2.45, 2.75) is 38.0 Å². The third-order valence-electron chi connectivity index (χ3n) is 3.18. The van der Waals surface area contributed by atoms with Crippen LogP contribution in [-0.2, 0) is 4.79 Å². The second kappa shape index (κ2) is 3.96. The smallest absolute Gasteiger partial charge is 0.248 e. The molecule has 1 fully saturated rings. The zero-order chi connectivity index (χ0) is 12.8. The summed E-state index contributed by atoms with van der Waals surface area (Å²) < 4.78 is -0.757. The predicted molar refractivity (Wildman–Crippen MR) is 68.7 cm³/mol. The van der Waals surface area contributed by atoms with E-state index in [2.05, 4.69) is 30.7 Å². The van der Waals surface area contributed by atoms with Crippen LogP contribution in [-0.4, -0.2) is 56.2 Å². The van der Waals surface area contributed by atoms with Gasteiger partial charge in [0.25, 0.3) is 0 Å². The first-order valence-corrected chi connectivity index (χ1v) is 6.51. The van der Waals surface area contributed by atoms with Gasteiger partial charge in [0.15, 0.2) is 5.17 Å². The van der Waals surface area contributed by atoms with Gasteiger partial charge in [-0.3, -0.25) is 14.6 Å². The normalized spacial score (nSPS) is 30.5. The van der Waals surface area contributed by atoms with Gasteiger partial charge in [-0.25, -0.2) is 4.99 Å².